The first-order valence-electron chi connectivity index (χ1n) is 7.47. The average Bonchev–Trinajstić information content (AvgIpc) is 2.45. The van der Waals surface area contributed by atoms with Crippen LogP contribution in [0.25, 0.3) is 0 Å². The van der Waals surface area contributed by atoms with Crippen LogP contribution in [0.5, 0.6) is 0 Å². The zero-order valence-electron chi connectivity index (χ0n) is 12.0. The van der Waals surface area contributed by atoms with E-state index < -0.39 is 11.6 Å². The van der Waals surface area contributed by atoms with E-state index in [0.717, 1.165) is 45.4 Å². The molecule has 112 valence electrons. The van der Waals surface area contributed by atoms with Crippen LogP contribution < -0.4 is 5.32 Å². The number of ether oxygens (including phenoxy) is 1. The Bertz CT molecular complexity index is 399. The van der Waals surface area contributed by atoms with Crippen LogP contribution in [0.2, 0.25) is 0 Å². The zero-order valence-corrected chi connectivity index (χ0v) is 12.0. The molecule has 2 rings (SSSR count). The molecule has 0 saturated carbocycles. The summed E-state index contributed by atoms with van der Waals surface area (Å²) in [5, 5.41) is 3.29. The smallest absolute Gasteiger partial charge is 0.130 e. The number of hydrogen-bond donors (Lipinski definition) is 1. The summed E-state index contributed by atoms with van der Waals surface area (Å²) >= 11 is 0. The van der Waals surface area contributed by atoms with Crippen molar-refractivity contribution in [3.63, 3.8) is 0 Å². The molecule has 1 heterocycles. The van der Waals surface area contributed by atoms with Crippen molar-refractivity contribution in [3.05, 3.63) is 35.4 Å². The third-order valence-electron chi connectivity index (χ3n) is 3.90. The van der Waals surface area contributed by atoms with Gasteiger partial charge >= 0.3 is 0 Å². The minimum atomic E-state index is -0.453. The average molecular weight is 283 g/mol. The highest BCUT2D eigenvalue weighted by molar-refractivity contribution is 5.23. The molecule has 0 bridgehead atoms. The van der Waals surface area contributed by atoms with Crippen LogP contribution in [0, 0.1) is 17.6 Å². The Morgan fingerprint density at radius 1 is 1.25 bits per heavy atom. The van der Waals surface area contributed by atoms with Gasteiger partial charge in [0, 0.05) is 24.8 Å². The van der Waals surface area contributed by atoms with Crippen molar-refractivity contribution in [1.29, 1.82) is 0 Å². The number of rotatable bonds is 6. The Balaban J connectivity index is 2.13. The van der Waals surface area contributed by atoms with Gasteiger partial charge in [-0.25, -0.2) is 8.78 Å². The van der Waals surface area contributed by atoms with Gasteiger partial charge in [0.2, 0.25) is 0 Å². The summed E-state index contributed by atoms with van der Waals surface area (Å²) in [5.74, 6) is -0.437. The molecular weight excluding hydrogens is 260 g/mol. The van der Waals surface area contributed by atoms with E-state index in [4.69, 9.17) is 4.74 Å². The van der Waals surface area contributed by atoms with E-state index in [2.05, 4.69) is 12.2 Å². The molecule has 1 unspecified atom stereocenters. The Morgan fingerprint density at radius 2 is 1.90 bits per heavy atom. The van der Waals surface area contributed by atoms with Crippen LogP contribution >= 0.6 is 0 Å². The number of nitrogens with one attached hydrogen (secondary N) is 1. The molecule has 2 nitrogen and oxygen atoms in total. The third-order valence-corrected chi connectivity index (χ3v) is 3.90. The Morgan fingerprint density at radius 3 is 2.50 bits per heavy atom. The fourth-order valence-electron chi connectivity index (χ4n) is 2.78. The molecule has 4 heteroatoms. The molecular formula is C16H23F2NO. The standard InChI is InChI=1S/C16H23F2NO/c1-2-8-19-15(11-12-6-9-20-10-7-12)16-13(17)4-3-5-14(16)18/h3-5,12,15,19H,2,6-11H2,1H3. The molecule has 1 fully saturated rings. The summed E-state index contributed by atoms with van der Waals surface area (Å²) in [7, 11) is 0. The maximum Gasteiger partial charge on any atom is 0.130 e. The van der Waals surface area contributed by atoms with Crippen LogP contribution in [0.1, 0.15) is 44.2 Å². The van der Waals surface area contributed by atoms with E-state index in [-0.39, 0.29) is 11.6 Å². The van der Waals surface area contributed by atoms with E-state index in [1.807, 2.05) is 0 Å². The van der Waals surface area contributed by atoms with Crippen LogP contribution in [-0.4, -0.2) is 19.8 Å². The summed E-state index contributed by atoms with van der Waals surface area (Å²) in [6.07, 6.45) is 3.66. The molecule has 0 aliphatic carbocycles. The summed E-state index contributed by atoms with van der Waals surface area (Å²) < 4.78 is 33.3. The monoisotopic (exact) mass is 283 g/mol. The minimum Gasteiger partial charge on any atom is -0.381 e. The molecule has 1 N–H and O–H groups in total. The Labute approximate surface area is 119 Å². The predicted molar refractivity (Wildman–Crippen MR) is 75.6 cm³/mol. The predicted octanol–water partition coefficient (Wildman–Crippen LogP) is 3.82. The zero-order chi connectivity index (χ0) is 14.4. The molecule has 20 heavy (non-hydrogen) atoms. The third kappa shape index (κ3) is 4.00. The van der Waals surface area contributed by atoms with Crippen molar-refractivity contribution >= 4 is 0 Å². The van der Waals surface area contributed by atoms with Crippen molar-refractivity contribution in [2.24, 2.45) is 5.92 Å². The molecule has 1 saturated heterocycles. The van der Waals surface area contributed by atoms with E-state index in [9.17, 15) is 8.78 Å². The van der Waals surface area contributed by atoms with Gasteiger partial charge < -0.3 is 10.1 Å². The highest BCUT2D eigenvalue weighted by Gasteiger charge is 2.24. The van der Waals surface area contributed by atoms with Crippen molar-refractivity contribution in [2.45, 2.75) is 38.6 Å². The number of hydrogen-bond acceptors (Lipinski definition) is 2. The molecule has 0 amide bonds. The molecule has 0 aromatic heterocycles. The van der Waals surface area contributed by atoms with Crippen molar-refractivity contribution in [3.8, 4) is 0 Å². The first-order chi connectivity index (χ1) is 9.72. The van der Waals surface area contributed by atoms with Crippen LogP contribution in [0.3, 0.4) is 0 Å². The van der Waals surface area contributed by atoms with Gasteiger partial charge in [-0.15, -0.1) is 0 Å². The highest BCUT2D eigenvalue weighted by atomic mass is 19.1. The second kappa shape index (κ2) is 7.70. The van der Waals surface area contributed by atoms with Gasteiger partial charge in [0.15, 0.2) is 0 Å². The first kappa shape index (κ1) is 15.4. The quantitative estimate of drug-likeness (QED) is 0.857. The van der Waals surface area contributed by atoms with E-state index in [1.165, 1.54) is 18.2 Å². The lowest BCUT2D eigenvalue weighted by molar-refractivity contribution is 0.0602. The first-order valence-corrected chi connectivity index (χ1v) is 7.47. The van der Waals surface area contributed by atoms with E-state index >= 15 is 0 Å². The van der Waals surface area contributed by atoms with Gasteiger partial charge in [-0.1, -0.05) is 13.0 Å². The van der Waals surface area contributed by atoms with Gasteiger partial charge in [0.1, 0.15) is 11.6 Å². The Hall–Kier alpha value is -1.00. The Kier molecular flexibility index (Phi) is 5.92. The summed E-state index contributed by atoms with van der Waals surface area (Å²) in [5.41, 5.74) is 0.187. The number of benzene rings is 1. The molecule has 1 aromatic rings. The molecule has 0 spiro atoms. The van der Waals surface area contributed by atoms with Gasteiger partial charge in [0.25, 0.3) is 0 Å². The van der Waals surface area contributed by atoms with Crippen LogP contribution in [-0.2, 0) is 4.74 Å². The van der Waals surface area contributed by atoms with Crippen LogP contribution in [0.15, 0.2) is 18.2 Å². The van der Waals surface area contributed by atoms with Gasteiger partial charge in [-0.3, -0.25) is 0 Å². The van der Waals surface area contributed by atoms with E-state index in [1.54, 1.807) is 0 Å². The largest absolute Gasteiger partial charge is 0.381 e. The van der Waals surface area contributed by atoms with Crippen molar-refractivity contribution < 1.29 is 13.5 Å². The summed E-state index contributed by atoms with van der Waals surface area (Å²) in [6, 6.07) is 3.84. The molecule has 1 aliphatic rings. The molecule has 0 radical (unpaired) electrons. The summed E-state index contributed by atoms with van der Waals surface area (Å²) in [4.78, 5) is 0. The van der Waals surface area contributed by atoms with Crippen molar-refractivity contribution in [1.82, 2.24) is 5.32 Å². The van der Waals surface area contributed by atoms with Crippen molar-refractivity contribution in [2.75, 3.05) is 19.8 Å². The molecule has 1 atom stereocenters. The normalized spacial score (nSPS) is 18.1. The lowest BCUT2D eigenvalue weighted by atomic mass is 9.89. The molecule has 1 aliphatic heterocycles. The summed E-state index contributed by atoms with van der Waals surface area (Å²) in [6.45, 7) is 4.33. The maximum absolute atomic E-state index is 14.0. The fraction of sp³-hybridized carbons (Fsp3) is 0.625. The van der Waals surface area contributed by atoms with Gasteiger partial charge in [-0.05, 0) is 50.3 Å². The number of halogens is 2. The second-order valence-electron chi connectivity index (χ2n) is 5.43. The highest BCUT2D eigenvalue weighted by Crippen LogP contribution is 2.30. The van der Waals surface area contributed by atoms with Gasteiger partial charge in [0.05, 0.1) is 0 Å². The van der Waals surface area contributed by atoms with Crippen LogP contribution in [0.4, 0.5) is 8.78 Å². The fourth-order valence-corrected chi connectivity index (χ4v) is 2.78. The maximum atomic E-state index is 14.0. The SMILES string of the molecule is CCCNC(CC1CCOCC1)c1c(F)cccc1F. The minimum absolute atomic E-state index is 0.187. The lowest BCUT2D eigenvalue weighted by Gasteiger charge is -2.28. The second-order valence-corrected chi connectivity index (χ2v) is 5.43. The topological polar surface area (TPSA) is 21.3 Å². The van der Waals surface area contributed by atoms with Gasteiger partial charge in [-0.2, -0.15) is 0 Å². The van der Waals surface area contributed by atoms with E-state index in [0.29, 0.717) is 5.92 Å². The molecule has 1 aromatic carbocycles. The lowest BCUT2D eigenvalue weighted by Crippen LogP contribution is -2.28.